The van der Waals surface area contributed by atoms with Gasteiger partial charge >= 0.3 is 0 Å². The van der Waals surface area contributed by atoms with Crippen LogP contribution in [0.3, 0.4) is 0 Å². The molecule has 0 saturated carbocycles. The predicted molar refractivity (Wildman–Crippen MR) is 78.6 cm³/mol. The molecule has 1 aromatic carbocycles. The minimum Gasteiger partial charge on any atom is -0.396 e. The number of thiophene rings is 1. The van der Waals surface area contributed by atoms with E-state index in [1.807, 2.05) is 41.1 Å². The minimum atomic E-state index is -0.291. The number of nitrogens with zero attached hydrogens (tertiary/aromatic N) is 1. The maximum absolute atomic E-state index is 9.49. The Morgan fingerprint density at radius 3 is 2.53 bits per heavy atom. The fraction of sp³-hybridized carbons (Fsp3) is 0.267. The molecule has 2 nitrogen and oxygen atoms in total. The largest absolute Gasteiger partial charge is 0.396 e. The smallest absolute Gasteiger partial charge is 0.0782 e. The lowest BCUT2D eigenvalue weighted by Crippen LogP contribution is -2.11. The van der Waals surface area contributed by atoms with E-state index < -0.39 is 0 Å². The number of rotatable bonds is 5. The quantitative estimate of drug-likeness (QED) is 0.898. The van der Waals surface area contributed by atoms with E-state index in [4.69, 9.17) is 11.6 Å². The average molecular weight is 292 g/mol. The summed E-state index contributed by atoms with van der Waals surface area (Å²) in [6.45, 7) is 0.0435. The SMILES string of the molecule is N#C[C@H](c1ccccc1)[C@@H](CCO)c1cscc1Cl. The van der Waals surface area contributed by atoms with E-state index in [-0.39, 0.29) is 18.4 Å². The monoisotopic (exact) mass is 291 g/mol. The van der Waals surface area contributed by atoms with Gasteiger partial charge in [-0.25, -0.2) is 0 Å². The van der Waals surface area contributed by atoms with Crippen LogP contribution in [0, 0.1) is 11.3 Å². The molecular formula is C15H14ClNOS. The van der Waals surface area contributed by atoms with Crippen LogP contribution in [-0.2, 0) is 0 Å². The van der Waals surface area contributed by atoms with Gasteiger partial charge in [0.2, 0.25) is 0 Å². The normalized spacial score (nSPS) is 13.7. The lowest BCUT2D eigenvalue weighted by atomic mass is 9.81. The van der Waals surface area contributed by atoms with Gasteiger partial charge in [0.1, 0.15) is 0 Å². The highest BCUT2D eigenvalue weighted by molar-refractivity contribution is 7.08. The number of halogens is 1. The molecule has 0 radical (unpaired) electrons. The van der Waals surface area contributed by atoms with Crippen molar-refractivity contribution in [3.8, 4) is 6.07 Å². The molecule has 2 rings (SSSR count). The standard InChI is InChI=1S/C15H14ClNOS/c16-15-10-19-9-14(15)12(6-7-18)13(8-17)11-4-2-1-3-5-11/h1-5,9-10,12-13,18H,6-7H2/t12-,13-/m1/s1. The Balaban J connectivity index is 2.38. The zero-order valence-corrected chi connectivity index (χ0v) is 11.9. The summed E-state index contributed by atoms with van der Waals surface area (Å²) in [5.74, 6) is -0.364. The molecule has 0 spiro atoms. The van der Waals surface area contributed by atoms with Crippen molar-refractivity contribution >= 4 is 22.9 Å². The molecule has 0 amide bonds. The first-order valence-corrected chi connectivity index (χ1v) is 7.37. The van der Waals surface area contributed by atoms with Crippen LogP contribution in [0.1, 0.15) is 29.4 Å². The first-order valence-electron chi connectivity index (χ1n) is 6.05. The van der Waals surface area contributed by atoms with Crippen molar-refractivity contribution in [2.75, 3.05) is 6.61 Å². The molecule has 2 atom stereocenters. The molecule has 0 bridgehead atoms. The molecule has 1 N–H and O–H groups in total. The molecule has 0 saturated heterocycles. The highest BCUT2D eigenvalue weighted by Gasteiger charge is 2.26. The van der Waals surface area contributed by atoms with Crippen LogP contribution in [0.15, 0.2) is 41.1 Å². The van der Waals surface area contributed by atoms with Crippen molar-refractivity contribution in [3.05, 3.63) is 57.2 Å². The second-order valence-corrected chi connectivity index (χ2v) is 5.46. The molecule has 19 heavy (non-hydrogen) atoms. The Morgan fingerprint density at radius 1 is 1.26 bits per heavy atom. The summed E-state index contributed by atoms with van der Waals surface area (Å²) in [5.41, 5.74) is 1.92. The van der Waals surface area contributed by atoms with E-state index in [1.54, 1.807) is 0 Å². The third-order valence-electron chi connectivity index (χ3n) is 3.18. The maximum atomic E-state index is 9.49. The summed E-state index contributed by atoms with van der Waals surface area (Å²) in [6.07, 6.45) is 0.531. The van der Waals surface area contributed by atoms with Crippen LogP contribution in [0.2, 0.25) is 5.02 Å². The minimum absolute atomic E-state index is 0.0435. The summed E-state index contributed by atoms with van der Waals surface area (Å²) in [6, 6.07) is 12.0. The second kappa shape index (κ2) is 6.72. The van der Waals surface area contributed by atoms with E-state index in [9.17, 15) is 10.4 Å². The molecule has 0 aliphatic rings. The summed E-state index contributed by atoms with van der Waals surface area (Å²) in [5, 5.41) is 23.3. The van der Waals surface area contributed by atoms with Gasteiger partial charge in [-0.15, -0.1) is 0 Å². The van der Waals surface area contributed by atoms with Crippen LogP contribution < -0.4 is 0 Å². The number of hydrogen-bond acceptors (Lipinski definition) is 3. The van der Waals surface area contributed by atoms with E-state index >= 15 is 0 Å². The molecule has 2 aromatic rings. The Kier molecular flexibility index (Phi) is 4.98. The van der Waals surface area contributed by atoms with Crippen molar-refractivity contribution in [3.63, 3.8) is 0 Å². The van der Waals surface area contributed by atoms with Crippen LogP contribution in [-0.4, -0.2) is 11.7 Å². The third-order valence-corrected chi connectivity index (χ3v) is 4.40. The number of hydrogen-bond donors (Lipinski definition) is 1. The van der Waals surface area contributed by atoms with E-state index in [0.29, 0.717) is 11.4 Å². The molecule has 0 unspecified atom stereocenters. The van der Waals surface area contributed by atoms with Crippen molar-refractivity contribution in [1.82, 2.24) is 0 Å². The van der Waals surface area contributed by atoms with Crippen molar-refractivity contribution in [2.24, 2.45) is 0 Å². The van der Waals surface area contributed by atoms with Gasteiger partial charge in [0.15, 0.2) is 0 Å². The number of nitriles is 1. The van der Waals surface area contributed by atoms with Gasteiger partial charge in [0.05, 0.1) is 17.0 Å². The lowest BCUT2D eigenvalue weighted by molar-refractivity contribution is 0.272. The fourth-order valence-electron chi connectivity index (χ4n) is 2.25. The molecule has 98 valence electrons. The van der Waals surface area contributed by atoms with Crippen LogP contribution in [0.5, 0.6) is 0 Å². The van der Waals surface area contributed by atoms with Crippen LogP contribution in [0.4, 0.5) is 0 Å². The van der Waals surface area contributed by atoms with Crippen LogP contribution in [0.25, 0.3) is 0 Å². The zero-order valence-electron chi connectivity index (χ0n) is 10.3. The van der Waals surface area contributed by atoms with E-state index in [0.717, 1.165) is 11.1 Å². The predicted octanol–water partition coefficient (Wildman–Crippen LogP) is 4.17. The number of aliphatic hydroxyl groups excluding tert-OH is 1. The second-order valence-electron chi connectivity index (χ2n) is 4.31. The Labute approximate surface area is 121 Å². The third kappa shape index (κ3) is 3.16. The average Bonchev–Trinajstić information content (AvgIpc) is 2.86. The van der Waals surface area contributed by atoms with Gasteiger partial charge in [0, 0.05) is 17.9 Å². The highest BCUT2D eigenvalue weighted by atomic mass is 35.5. The molecule has 0 aliphatic heterocycles. The molecule has 1 heterocycles. The van der Waals surface area contributed by atoms with Gasteiger partial charge in [-0.1, -0.05) is 41.9 Å². The van der Waals surface area contributed by atoms with Crippen LogP contribution >= 0.6 is 22.9 Å². The van der Waals surface area contributed by atoms with Crippen molar-refractivity contribution in [2.45, 2.75) is 18.3 Å². The highest BCUT2D eigenvalue weighted by Crippen LogP contribution is 2.39. The van der Waals surface area contributed by atoms with Gasteiger partial charge in [0.25, 0.3) is 0 Å². The molecule has 4 heteroatoms. The van der Waals surface area contributed by atoms with E-state index in [1.165, 1.54) is 11.3 Å². The summed E-state index contributed by atoms with van der Waals surface area (Å²) in [4.78, 5) is 0. The molecule has 1 aromatic heterocycles. The van der Waals surface area contributed by atoms with Gasteiger partial charge in [-0.3, -0.25) is 0 Å². The van der Waals surface area contributed by atoms with E-state index in [2.05, 4.69) is 6.07 Å². The number of aliphatic hydroxyl groups is 1. The molecular weight excluding hydrogens is 278 g/mol. The lowest BCUT2D eigenvalue weighted by Gasteiger charge is -2.21. The summed E-state index contributed by atoms with van der Waals surface area (Å²) >= 11 is 7.70. The van der Waals surface area contributed by atoms with Crippen molar-refractivity contribution < 1.29 is 5.11 Å². The topological polar surface area (TPSA) is 44.0 Å². The van der Waals surface area contributed by atoms with Crippen molar-refractivity contribution in [1.29, 1.82) is 5.26 Å². The van der Waals surface area contributed by atoms with Gasteiger partial charge in [-0.05, 0) is 22.9 Å². The first kappa shape index (κ1) is 14.1. The number of benzene rings is 1. The Bertz CT molecular complexity index is 561. The van der Waals surface area contributed by atoms with Gasteiger partial charge < -0.3 is 5.11 Å². The summed E-state index contributed by atoms with van der Waals surface area (Å²) < 4.78 is 0. The van der Waals surface area contributed by atoms with Gasteiger partial charge in [-0.2, -0.15) is 16.6 Å². The first-order chi connectivity index (χ1) is 9.27. The summed E-state index contributed by atoms with van der Waals surface area (Å²) in [7, 11) is 0. The zero-order chi connectivity index (χ0) is 13.7. The Hall–Kier alpha value is -1.34. The molecule has 0 fully saturated rings. The molecule has 0 aliphatic carbocycles. The maximum Gasteiger partial charge on any atom is 0.0782 e. The Morgan fingerprint density at radius 2 is 2.00 bits per heavy atom. The fourth-order valence-corrected chi connectivity index (χ4v) is 3.44.